The molecule has 3 heteroatoms. The first-order valence-electron chi connectivity index (χ1n) is 5.03. The Hall–Kier alpha value is -0.570. The predicted octanol–water partition coefficient (Wildman–Crippen LogP) is 0.777. The first-order valence-corrected chi connectivity index (χ1v) is 5.03. The van der Waals surface area contributed by atoms with Crippen LogP contribution in [0.25, 0.3) is 0 Å². The Balaban J connectivity index is 2.15. The number of rotatable bonds is 4. The maximum atomic E-state index is 11.3. The van der Waals surface area contributed by atoms with Gasteiger partial charge in [-0.2, -0.15) is 0 Å². The van der Waals surface area contributed by atoms with Crippen molar-refractivity contribution < 1.29 is 9.90 Å². The van der Waals surface area contributed by atoms with Gasteiger partial charge in [-0.25, -0.2) is 0 Å². The molecule has 0 unspecified atom stereocenters. The quantitative estimate of drug-likeness (QED) is 0.680. The summed E-state index contributed by atoms with van der Waals surface area (Å²) in [7, 11) is 0. The Morgan fingerprint density at radius 2 is 2.15 bits per heavy atom. The van der Waals surface area contributed by atoms with Crippen molar-refractivity contribution in [3.05, 3.63) is 0 Å². The molecule has 76 valence electrons. The van der Waals surface area contributed by atoms with Gasteiger partial charge in [-0.15, -0.1) is 0 Å². The van der Waals surface area contributed by atoms with Crippen molar-refractivity contribution >= 4 is 5.91 Å². The Morgan fingerprint density at radius 3 is 2.62 bits per heavy atom. The smallest absolute Gasteiger partial charge is 0.223 e. The number of nitrogens with one attached hydrogen (secondary N) is 1. The molecular formula is C10H19NO2. The fourth-order valence-electron chi connectivity index (χ4n) is 1.74. The number of carbonyl (C=O) groups excluding carboxylic acids is 1. The summed E-state index contributed by atoms with van der Waals surface area (Å²) >= 11 is 0. The zero-order valence-corrected chi connectivity index (χ0v) is 8.42. The Labute approximate surface area is 79.5 Å². The monoisotopic (exact) mass is 185 g/mol. The molecule has 0 aliphatic heterocycles. The molecule has 2 N–H and O–H groups in total. The predicted molar refractivity (Wildman–Crippen MR) is 51.1 cm³/mol. The van der Waals surface area contributed by atoms with Crippen LogP contribution in [0.15, 0.2) is 0 Å². The molecular weight excluding hydrogens is 166 g/mol. The third-order valence-electron chi connectivity index (χ3n) is 2.90. The van der Waals surface area contributed by atoms with E-state index in [9.17, 15) is 4.79 Å². The molecule has 0 bridgehead atoms. The van der Waals surface area contributed by atoms with Crippen LogP contribution in [0.5, 0.6) is 0 Å². The largest absolute Gasteiger partial charge is 0.395 e. The minimum Gasteiger partial charge on any atom is -0.395 e. The van der Waals surface area contributed by atoms with E-state index in [1.807, 2.05) is 0 Å². The third kappa shape index (κ3) is 2.69. The van der Waals surface area contributed by atoms with Gasteiger partial charge in [-0.3, -0.25) is 4.79 Å². The van der Waals surface area contributed by atoms with Crippen molar-refractivity contribution in [2.75, 3.05) is 13.2 Å². The molecule has 0 aromatic heterocycles. The first kappa shape index (κ1) is 10.5. The second-order valence-corrected chi connectivity index (χ2v) is 4.19. The van der Waals surface area contributed by atoms with Crippen molar-refractivity contribution in [2.24, 2.45) is 17.8 Å². The standard InChI is InChI=1S/C10H19NO2/c1-7(2)8-5-9(6-8)10(13)11-3-4-12/h7-9,12H,3-6H2,1-2H3,(H,11,13). The molecule has 1 aliphatic carbocycles. The van der Waals surface area contributed by atoms with Gasteiger partial charge in [-0.1, -0.05) is 13.8 Å². The molecule has 0 saturated heterocycles. The van der Waals surface area contributed by atoms with Crippen LogP contribution < -0.4 is 5.32 Å². The minimum absolute atomic E-state index is 0.0338. The van der Waals surface area contributed by atoms with E-state index in [2.05, 4.69) is 19.2 Å². The number of hydrogen-bond acceptors (Lipinski definition) is 2. The number of aliphatic hydroxyl groups excluding tert-OH is 1. The average molecular weight is 185 g/mol. The molecule has 0 heterocycles. The number of carbonyl (C=O) groups is 1. The summed E-state index contributed by atoms with van der Waals surface area (Å²) in [6.45, 7) is 4.83. The lowest BCUT2D eigenvalue weighted by Gasteiger charge is -2.36. The van der Waals surface area contributed by atoms with Gasteiger partial charge in [0, 0.05) is 12.5 Å². The van der Waals surface area contributed by atoms with Gasteiger partial charge in [0.15, 0.2) is 0 Å². The second-order valence-electron chi connectivity index (χ2n) is 4.19. The molecule has 0 aromatic carbocycles. The lowest BCUT2D eigenvalue weighted by Crippen LogP contribution is -2.41. The average Bonchev–Trinajstić information content (AvgIpc) is 1.97. The van der Waals surface area contributed by atoms with Gasteiger partial charge in [0.1, 0.15) is 0 Å². The Morgan fingerprint density at radius 1 is 1.54 bits per heavy atom. The van der Waals surface area contributed by atoms with Gasteiger partial charge >= 0.3 is 0 Å². The van der Waals surface area contributed by atoms with Crippen molar-refractivity contribution in [1.82, 2.24) is 5.32 Å². The van der Waals surface area contributed by atoms with Crippen molar-refractivity contribution in [3.8, 4) is 0 Å². The summed E-state index contributed by atoms with van der Waals surface area (Å²) in [5.74, 6) is 1.75. The summed E-state index contributed by atoms with van der Waals surface area (Å²) < 4.78 is 0. The molecule has 1 aliphatic rings. The maximum Gasteiger partial charge on any atom is 0.223 e. The SMILES string of the molecule is CC(C)C1CC(C(=O)NCCO)C1. The molecule has 0 radical (unpaired) electrons. The van der Waals surface area contributed by atoms with E-state index in [1.165, 1.54) is 0 Å². The fourth-order valence-corrected chi connectivity index (χ4v) is 1.74. The van der Waals surface area contributed by atoms with Crippen molar-refractivity contribution in [2.45, 2.75) is 26.7 Å². The van der Waals surface area contributed by atoms with Gasteiger partial charge in [0.05, 0.1) is 6.61 Å². The van der Waals surface area contributed by atoms with Gasteiger partial charge < -0.3 is 10.4 Å². The zero-order valence-electron chi connectivity index (χ0n) is 8.42. The molecule has 3 nitrogen and oxygen atoms in total. The molecule has 1 rings (SSSR count). The molecule has 1 fully saturated rings. The lowest BCUT2D eigenvalue weighted by atomic mass is 9.69. The van der Waals surface area contributed by atoms with Crippen LogP contribution in [-0.4, -0.2) is 24.2 Å². The first-order chi connectivity index (χ1) is 6.15. The van der Waals surface area contributed by atoms with Gasteiger partial charge in [0.25, 0.3) is 0 Å². The highest BCUT2D eigenvalue weighted by molar-refractivity contribution is 5.79. The normalized spacial score (nSPS) is 27.1. The van der Waals surface area contributed by atoms with E-state index in [0.717, 1.165) is 18.8 Å². The van der Waals surface area contributed by atoms with Crippen LogP contribution in [-0.2, 0) is 4.79 Å². The molecule has 13 heavy (non-hydrogen) atoms. The van der Waals surface area contributed by atoms with Crippen LogP contribution in [0.1, 0.15) is 26.7 Å². The minimum atomic E-state index is 0.0338. The van der Waals surface area contributed by atoms with E-state index >= 15 is 0 Å². The lowest BCUT2D eigenvalue weighted by molar-refractivity contribution is -0.129. The summed E-state index contributed by atoms with van der Waals surface area (Å²) in [6.07, 6.45) is 2.05. The molecule has 0 aromatic rings. The highest BCUT2D eigenvalue weighted by Crippen LogP contribution is 2.38. The topological polar surface area (TPSA) is 49.3 Å². The van der Waals surface area contributed by atoms with E-state index in [0.29, 0.717) is 12.5 Å². The second kappa shape index (κ2) is 4.61. The number of amides is 1. The van der Waals surface area contributed by atoms with Gasteiger partial charge in [0.2, 0.25) is 5.91 Å². The Bertz CT molecular complexity index is 174. The summed E-state index contributed by atoms with van der Waals surface area (Å²) in [5.41, 5.74) is 0. The molecule has 0 atom stereocenters. The number of hydrogen-bond donors (Lipinski definition) is 2. The summed E-state index contributed by atoms with van der Waals surface area (Å²) in [4.78, 5) is 11.3. The number of aliphatic hydroxyl groups is 1. The Kier molecular flexibility index (Phi) is 3.72. The molecule has 1 amide bonds. The van der Waals surface area contributed by atoms with E-state index in [4.69, 9.17) is 5.11 Å². The van der Waals surface area contributed by atoms with Crippen LogP contribution >= 0.6 is 0 Å². The van der Waals surface area contributed by atoms with E-state index < -0.39 is 0 Å². The van der Waals surface area contributed by atoms with E-state index in [1.54, 1.807) is 0 Å². The summed E-state index contributed by atoms with van der Waals surface area (Å²) in [5, 5.41) is 11.2. The highest BCUT2D eigenvalue weighted by Gasteiger charge is 2.35. The third-order valence-corrected chi connectivity index (χ3v) is 2.90. The van der Waals surface area contributed by atoms with Crippen LogP contribution in [0.3, 0.4) is 0 Å². The van der Waals surface area contributed by atoms with Crippen LogP contribution in [0, 0.1) is 17.8 Å². The van der Waals surface area contributed by atoms with E-state index in [-0.39, 0.29) is 18.4 Å². The van der Waals surface area contributed by atoms with Crippen molar-refractivity contribution in [1.29, 1.82) is 0 Å². The van der Waals surface area contributed by atoms with Crippen LogP contribution in [0.4, 0.5) is 0 Å². The highest BCUT2D eigenvalue weighted by atomic mass is 16.3. The van der Waals surface area contributed by atoms with Crippen LogP contribution in [0.2, 0.25) is 0 Å². The fraction of sp³-hybridized carbons (Fsp3) is 0.900. The maximum absolute atomic E-state index is 11.3. The van der Waals surface area contributed by atoms with Gasteiger partial charge in [-0.05, 0) is 24.7 Å². The molecule has 0 spiro atoms. The zero-order chi connectivity index (χ0) is 9.84. The summed E-state index contributed by atoms with van der Waals surface area (Å²) in [6, 6.07) is 0. The van der Waals surface area contributed by atoms with Crippen molar-refractivity contribution in [3.63, 3.8) is 0 Å². The molecule has 1 saturated carbocycles.